The zero-order valence-electron chi connectivity index (χ0n) is 10.9. The van der Waals surface area contributed by atoms with Gasteiger partial charge in [-0.15, -0.1) is 0 Å². The summed E-state index contributed by atoms with van der Waals surface area (Å²) < 4.78 is 4.68. The smallest absolute Gasteiger partial charge is 0.338 e. The molecule has 4 heteroatoms. The van der Waals surface area contributed by atoms with Crippen LogP contribution in [-0.4, -0.2) is 18.9 Å². The normalized spacial score (nSPS) is 10.1. The van der Waals surface area contributed by atoms with E-state index in [2.05, 4.69) is 4.74 Å². The second kappa shape index (κ2) is 6.35. The van der Waals surface area contributed by atoms with Gasteiger partial charge in [0.2, 0.25) is 0 Å². The highest BCUT2D eigenvalue weighted by Gasteiger charge is 2.17. The minimum Gasteiger partial charge on any atom is -0.465 e. The maximum Gasteiger partial charge on any atom is 0.338 e. The van der Waals surface area contributed by atoms with Gasteiger partial charge < -0.3 is 4.74 Å². The first-order chi connectivity index (χ1) is 9.61. The highest BCUT2D eigenvalue weighted by molar-refractivity contribution is 6.30. The van der Waals surface area contributed by atoms with Gasteiger partial charge in [0.15, 0.2) is 5.78 Å². The van der Waals surface area contributed by atoms with Crippen molar-refractivity contribution in [3.05, 3.63) is 70.2 Å². The summed E-state index contributed by atoms with van der Waals surface area (Å²) >= 11 is 5.80. The number of hydrogen-bond donors (Lipinski definition) is 0. The second-order valence-corrected chi connectivity index (χ2v) is 4.70. The molecule has 2 aromatic rings. The van der Waals surface area contributed by atoms with E-state index in [9.17, 15) is 9.59 Å². The lowest BCUT2D eigenvalue weighted by molar-refractivity contribution is 0.0597. The maximum atomic E-state index is 12.3. The molecule has 102 valence electrons. The summed E-state index contributed by atoms with van der Waals surface area (Å²) in [5.74, 6) is -0.640. The Bertz CT molecular complexity index is 632. The number of carbonyl (C=O) groups excluding carboxylic acids is 2. The van der Waals surface area contributed by atoms with Crippen LogP contribution >= 0.6 is 11.6 Å². The van der Waals surface area contributed by atoms with E-state index in [0.717, 1.165) is 5.56 Å². The first-order valence-corrected chi connectivity index (χ1v) is 6.44. The second-order valence-electron chi connectivity index (χ2n) is 4.26. The molecule has 3 nitrogen and oxygen atoms in total. The Morgan fingerprint density at radius 3 is 2.20 bits per heavy atom. The van der Waals surface area contributed by atoms with Gasteiger partial charge in [-0.25, -0.2) is 4.79 Å². The molecular weight excluding hydrogens is 276 g/mol. The van der Waals surface area contributed by atoms with Crippen LogP contribution in [0.5, 0.6) is 0 Å². The Kier molecular flexibility index (Phi) is 4.53. The number of rotatable bonds is 4. The van der Waals surface area contributed by atoms with E-state index in [1.165, 1.54) is 7.11 Å². The molecule has 2 rings (SSSR count). The third-order valence-electron chi connectivity index (χ3n) is 2.91. The van der Waals surface area contributed by atoms with Crippen molar-refractivity contribution >= 4 is 23.4 Å². The minimum atomic E-state index is -0.509. The fourth-order valence-corrected chi connectivity index (χ4v) is 2.02. The lowest BCUT2D eigenvalue weighted by Gasteiger charge is -2.07. The van der Waals surface area contributed by atoms with Gasteiger partial charge in [0.05, 0.1) is 12.7 Å². The van der Waals surface area contributed by atoms with Gasteiger partial charge in [-0.05, 0) is 23.8 Å². The summed E-state index contributed by atoms with van der Waals surface area (Å²) in [6.45, 7) is 0. The number of hydrogen-bond acceptors (Lipinski definition) is 3. The molecule has 0 heterocycles. The molecule has 0 unspecified atom stereocenters. The Balaban J connectivity index is 2.25. The number of carbonyl (C=O) groups is 2. The van der Waals surface area contributed by atoms with E-state index in [1.54, 1.807) is 48.5 Å². The van der Waals surface area contributed by atoms with Crippen molar-refractivity contribution in [1.82, 2.24) is 0 Å². The molecule has 20 heavy (non-hydrogen) atoms. The number of esters is 1. The quantitative estimate of drug-likeness (QED) is 0.638. The van der Waals surface area contributed by atoms with Gasteiger partial charge in [0.1, 0.15) is 0 Å². The SMILES string of the molecule is COC(=O)c1ccccc1C(=O)Cc1ccc(Cl)cc1. The molecule has 0 aliphatic heterocycles. The third-order valence-corrected chi connectivity index (χ3v) is 3.16. The van der Waals surface area contributed by atoms with Gasteiger partial charge in [-0.2, -0.15) is 0 Å². The Labute approximate surface area is 122 Å². The molecule has 0 bridgehead atoms. The van der Waals surface area contributed by atoms with Gasteiger partial charge in [-0.3, -0.25) is 4.79 Å². The zero-order chi connectivity index (χ0) is 14.5. The largest absolute Gasteiger partial charge is 0.465 e. The Hall–Kier alpha value is -2.13. The van der Waals surface area contributed by atoms with Crippen LogP contribution in [0.2, 0.25) is 5.02 Å². The van der Waals surface area contributed by atoms with E-state index in [-0.39, 0.29) is 17.8 Å². The van der Waals surface area contributed by atoms with Crippen LogP contribution in [0, 0.1) is 0 Å². The molecule has 0 amide bonds. The van der Waals surface area contributed by atoms with Crippen molar-refractivity contribution < 1.29 is 14.3 Å². The van der Waals surface area contributed by atoms with Crippen LogP contribution in [0.3, 0.4) is 0 Å². The van der Waals surface area contributed by atoms with Gasteiger partial charge in [0.25, 0.3) is 0 Å². The fourth-order valence-electron chi connectivity index (χ4n) is 1.90. The van der Waals surface area contributed by atoms with Gasteiger partial charge in [-0.1, -0.05) is 41.9 Å². The summed E-state index contributed by atoms with van der Waals surface area (Å²) in [5, 5.41) is 0.621. The molecule has 0 aliphatic rings. The molecular formula is C16H13ClO3. The summed E-state index contributed by atoms with van der Waals surface area (Å²) in [7, 11) is 1.29. The minimum absolute atomic E-state index is 0.131. The zero-order valence-corrected chi connectivity index (χ0v) is 11.7. The molecule has 0 radical (unpaired) electrons. The van der Waals surface area contributed by atoms with Crippen LogP contribution in [0.1, 0.15) is 26.3 Å². The predicted molar refractivity (Wildman–Crippen MR) is 77.3 cm³/mol. The van der Waals surface area contributed by atoms with E-state index in [0.29, 0.717) is 10.6 Å². The molecule has 0 aliphatic carbocycles. The monoisotopic (exact) mass is 288 g/mol. The molecule has 0 N–H and O–H groups in total. The van der Waals surface area contributed by atoms with E-state index >= 15 is 0 Å². The fraction of sp³-hybridized carbons (Fsp3) is 0.125. The van der Waals surface area contributed by atoms with Crippen molar-refractivity contribution in [2.45, 2.75) is 6.42 Å². The van der Waals surface area contributed by atoms with Crippen molar-refractivity contribution in [3.63, 3.8) is 0 Å². The van der Waals surface area contributed by atoms with E-state index in [4.69, 9.17) is 11.6 Å². The van der Waals surface area contributed by atoms with E-state index in [1.807, 2.05) is 0 Å². The van der Waals surface area contributed by atoms with Gasteiger partial charge in [0, 0.05) is 17.0 Å². The van der Waals surface area contributed by atoms with Crippen LogP contribution < -0.4 is 0 Å². The van der Waals surface area contributed by atoms with Crippen LogP contribution in [0.25, 0.3) is 0 Å². The van der Waals surface area contributed by atoms with Crippen LogP contribution in [0.4, 0.5) is 0 Å². The van der Waals surface area contributed by atoms with Gasteiger partial charge >= 0.3 is 5.97 Å². The first-order valence-electron chi connectivity index (χ1n) is 6.07. The Morgan fingerprint density at radius 2 is 1.60 bits per heavy atom. The number of methoxy groups -OCH3 is 1. The molecule has 0 fully saturated rings. The predicted octanol–water partition coefficient (Wildman–Crippen LogP) is 3.55. The topological polar surface area (TPSA) is 43.4 Å². The van der Waals surface area contributed by atoms with Crippen molar-refractivity contribution in [1.29, 1.82) is 0 Å². The highest BCUT2D eigenvalue weighted by atomic mass is 35.5. The summed E-state index contributed by atoms with van der Waals surface area (Å²) in [6.07, 6.45) is 0.213. The van der Waals surface area contributed by atoms with Crippen LogP contribution in [0.15, 0.2) is 48.5 Å². The third kappa shape index (κ3) is 3.25. The summed E-state index contributed by atoms with van der Waals surface area (Å²) in [5.41, 5.74) is 1.50. The Morgan fingerprint density at radius 1 is 1.00 bits per heavy atom. The number of halogens is 1. The average Bonchev–Trinajstić information content (AvgIpc) is 2.48. The number of Topliss-reactive ketones (excluding diaryl/α,β-unsaturated/α-hetero) is 1. The molecule has 2 aromatic carbocycles. The lowest BCUT2D eigenvalue weighted by atomic mass is 9.98. The van der Waals surface area contributed by atoms with Crippen LogP contribution in [-0.2, 0) is 11.2 Å². The van der Waals surface area contributed by atoms with Crippen molar-refractivity contribution in [3.8, 4) is 0 Å². The standard InChI is InChI=1S/C16H13ClO3/c1-20-16(19)14-5-3-2-4-13(14)15(18)10-11-6-8-12(17)9-7-11/h2-9H,10H2,1H3. The lowest BCUT2D eigenvalue weighted by Crippen LogP contribution is -2.12. The molecule has 0 aromatic heterocycles. The molecule has 0 spiro atoms. The van der Waals surface area contributed by atoms with Crippen molar-refractivity contribution in [2.24, 2.45) is 0 Å². The first kappa shape index (κ1) is 14.3. The number of ether oxygens (including phenoxy) is 1. The maximum absolute atomic E-state index is 12.3. The molecule has 0 saturated carbocycles. The molecule has 0 saturated heterocycles. The number of ketones is 1. The molecule has 0 atom stereocenters. The van der Waals surface area contributed by atoms with E-state index < -0.39 is 5.97 Å². The summed E-state index contributed by atoms with van der Waals surface area (Å²) in [6, 6.07) is 13.7. The van der Waals surface area contributed by atoms with Crippen molar-refractivity contribution in [2.75, 3.05) is 7.11 Å². The highest BCUT2D eigenvalue weighted by Crippen LogP contribution is 2.15. The number of benzene rings is 2. The average molecular weight is 289 g/mol. The summed E-state index contributed by atoms with van der Waals surface area (Å²) in [4.78, 5) is 23.9.